The van der Waals surface area contributed by atoms with Gasteiger partial charge in [-0.2, -0.15) is 0 Å². The number of hydrogen-bond donors (Lipinski definition) is 2. The van der Waals surface area contributed by atoms with Gasteiger partial charge in [0.25, 0.3) is 0 Å². The molecule has 0 bridgehead atoms. The zero-order valence-corrected chi connectivity index (χ0v) is 13.3. The van der Waals surface area contributed by atoms with Gasteiger partial charge in [0, 0.05) is 31.2 Å². The molecular weight excluding hydrogens is 292 g/mol. The van der Waals surface area contributed by atoms with Crippen LogP contribution in [0, 0.1) is 11.8 Å². The minimum atomic E-state index is -0.773. The normalized spacial score (nSPS) is 23.4. The van der Waals surface area contributed by atoms with Gasteiger partial charge in [0.1, 0.15) is 0 Å². The quantitative estimate of drug-likeness (QED) is 0.872. The molecule has 5 heteroatoms. The number of anilines is 1. The molecule has 0 radical (unpaired) electrons. The number of amides is 1. The van der Waals surface area contributed by atoms with Gasteiger partial charge < -0.3 is 15.3 Å². The first kappa shape index (κ1) is 15.8. The van der Waals surface area contributed by atoms with E-state index in [4.69, 9.17) is 5.11 Å². The van der Waals surface area contributed by atoms with Crippen molar-refractivity contribution in [2.75, 3.05) is 24.5 Å². The molecule has 23 heavy (non-hydrogen) atoms. The average molecular weight is 316 g/mol. The number of nitrogens with one attached hydrogen (secondary N) is 1. The summed E-state index contributed by atoms with van der Waals surface area (Å²) in [5, 5.41) is 12.0. The Morgan fingerprint density at radius 3 is 2.78 bits per heavy atom. The zero-order valence-electron chi connectivity index (χ0n) is 13.3. The van der Waals surface area contributed by atoms with Crippen LogP contribution in [0.4, 0.5) is 5.69 Å². The molecule has 1 aliphatic carbocycles. The summed E-state index contributed by atoms with van der Waals surface area (Å²) in [6.45, 7) is 2.44. The van der Waals surface area contributed by atoms with Crippen molar-refractivity contribution in [2.24, 2.45) is 11.8 Å². The molecule has 124 valence electrons. The number of carboxylic acids is 1. The lowest BCUT2D eigenvalue weighted by molar-refractivity contribution is -0.141. The first-order valence-electron chi connectivity index (χ1n) is 8.48. The molecule has 1 saturated carbocycles. The van der Waals surface area contributed by atoms with Crippen molar-refractivity contribution in [3.63, 3.8) is 0 Å². The number of benzene rings is 1. The Labute approximate surface area is 136 Å². The van der Waals surface area contributed by atoms with E-state index in [-0.39, 0.29) is 17.7 Å². The molecule has 2 N–H and O–H groups in total. The summed E-state index contributed by atoms with van der Waals surface area (Å²) in [6.07, 6.45) is 4.06. The van der Waals surface area contributed by atoms with E-state index in [1.807, 2.05) is 0 Å². The van der Waals surface area contributed by atoms with E-state index in [0.717, 1.165) is 25.9 Å². The Balaban J connectivity index is 1.47. The smallest absolute Gasteiger partial charge is 0.306 e. The van der Waals surface area contributed by atoms with E-state index in [1.54, 1.807) is 0 Å². The largest absolute Gasteiger partial charge is 0.481 e. The summed E-state index contributed by atoms with van der Waals surface area (Å²) in [7, 11) is 0. The van der Waals surface area contributed by atoms with E-state index < -0.39 is 5.97 Å². The second-order valence-electron chi connectivity index (χ2n) is 6.56. The minimum Gasteiger partial charge on any atom is -0.481 e. The van der Waals surface area contributed by atoms with E-state index in [0.29, 0.717) is 25.8 Å². The fourth-order valence-corrected chi connectivity index (χ4v) is 3.75. The van der Waals surface area contributed by atoms with Crippen LogP contribution in [0.3, 0.4) is 0 Å². The number of nitrogens with zero attached hydrogens (tertiary/aromatic N) is 1. The monoisotopic (exact) mass is 316 g/mol. The van der Waals surface area contributed by atoms with Crippen molar-refractivity contribution in [2.45, 2.75) is 32.1 Å². The van der Waals surface area contributed by atoms with Gasteiger partial charge in [0.15, 0.2) is 0 Å². The third-order valence-corrected chi connectivity index (χ3v) is 5.04. The highest BCUT2D eigenvalue weighted by atomic mass is 16.4. The Bertz CT molecular complexity index is 587. The molecule has 1 amide bonds. The van der Waals surface area contributed by atoms with Gasteiger partial charge in [-0.3, -0.25) is 9.59 Å². The molecule has 1 fully saturated rings. The van der Waals surface area contributed by atoms with E-state index in [1.165, 1.54) is 11.3 Å². The predicted octanol–water partition coefficient (Wildman–Crippen LogP) is 2.06. The fourth-order valence-electron chi connectivity index (χ4n) is 3.75. The van der Waals surface area contributed by atoms with E-state index >= 15 is 0 Å². The lowest BCUT2D eigenvalue weighted by Gasteiger charge is -2.31. The first-order chi connectivity index (χ1) is 11.1. The Morgan fingerprint density at radius 2 is 2.00 bits per heavy atom. The number of hydrogen-bond acceptors (Lipinski definition) is 3. The molecule has 1 aromatic rings. The Hall–Kier alpha value is -2.04. The molecular formula is C18H24N2O3. The molecule has 3 rings (SSSR count). The van der Waals surface area contributed by atoms with Crippen molar-refractivity contribution in [3.05, 3.63) is 29.8 Å². The SMILES string of the molecule is O=C(O)[C@@H]1CC[C@H](C(=O)NCCN2CCCc3ccccc32)C1. The van der Waals surface area contributed by atoms with Crippen LogP contribution in [0.1, 0.15) is 31.2 Å². The van der Waals surface area contributed by atoms with Gasteiger partial charge in [0.05, 0.1) is 5.92 Å². The zero-order chi connectivity index (χ0) is 16.2. The second-order valence-corrected chi connectivity index (χ2v) is 6.56. The maximum absolute atomic E-state index is 12.2. The standard InChI is InChI=1S/C18H24N2O3/c21-17(14-7-8-15(12-14)18(22)23)19-9-11-20-10-3-5-13-4-1-2-6-16(13)20/h1-2,4,6,14-15H,3,5,7-12H2,(H,19,21)(H,22,23)/t14-,15+/m0/s1. The summed E-state index contributed by atoms with van der Waals surface area (Å²) in [6, 6.07) is 8.44. The van der Waals surface area contributed by atoms with Crippen molar-refractivity contribution in [1.29, 1.82) is 0 Å². The van der Waals surface area contributed by atoms with E-state index in [2.05, 4.69) is 34.5 Å². The molecule has 0 saturated heterocycles. The number of rotatable bonds is 5. The van der Waals surface area contributed by atoms with Crippen molar-refractivity contribution in [1.82, 2.24) is 5.32 Å². The van der Waals surface area contributed by atoms with Crippen LogP contribution >= 0.6 is 0 Å². The summed E-state index contributed by atoms with van der Waals surface area (Å²) < 4.78 is 0. The Kier molecular flexibility index (Phi) is 4.84. The second kappa shape index (κ2) is 7.02. The summed E-state index contributed by atoms with van der Waals surface area (Å²) in [4.78, 5) is 25.5. The van der Waals surface area contributed by atoms with E-state index in [9.17, 15) is 9.59 Å². The summed E-state index contributed by atoms with van der Waals surface area (Å²) in [5.41, 5.74) is 2.66. The third kappa shape index (κ3) is 3.66. The van der Waals surface area contributed by atoms with Crippen LogP contribution in [0.2, 0.25) is 0 Å². The molecule has 1 aromatic carbocycles. The molecule has 1 aliphatic heterocycles. The number of carbonyl (C=O) groups is 2. The number of fused-ring (bicyclic) bond motifs is 1. The van der Waals surface area contributed by atoms with Crippen LogP contribution in [-0.4, -0.2) is 36.6 Å². The molecule has 5 nitrogen and oxygen atoms in total. The summed E-state index contributed by atoms with van der Waals surface area (Å²) >= 11 is 0. The lowest BCUT2D eigenvalue weighted by Crippen LogP contribution is -2.39. The van der Waals surface area contributed by atoms with Gasteiger partial charge in [0.2, 0.25) is 5.91 Å². The maximum atomic E-state index is 12.2. The highest BCUT2D eigenvalue weighted by Gasteiger charge is 2.33. The van der Waals surface area contributed by atoms with Crippen molar-refractivity contribution in [3.8, 4) is 0 Å². The maximum Gasteiger partial charge on any atom is 0.306 e. The summed E-state index contributed by atoms with van der Waals surface area (Å²) in [5.74, 6) is -1.24. The number of para-hydroxylation sites is 1. The van der Waals surface area contributed by atoms with Crippen LogP contribution in [0.5, 0.6) is 0 Å². The molecule has 0 aromatic heterocycles. The van der Waals surface area contributed by atoms with Crippen LogP contribution < -0.4 is 10.2 Å². The van der Waals surface area contributed by atoms with Crippen LogP contribution in [0.15, 0.2) is 24.3 Å². The molecule has 0 unspecified atom stereocenters. The average Bonchev–Trinajstić information content (AvgIpc) is 3.05. The fraction of sp³-hybridized carbons (Fsp3) is 0.556. The van der Waals surface area contributed by atoms with Crippen LogP contribution in [-0.2, 0) is 16.0 Å². The van der Waals surface area contributed by atoms with Crippen molar-refractivity contribution >= 4 is 17.6 Å². The molecule has 1 heterocycles. The van der Waals surface area contributed by atoms with Crippen molar-refractivity contribution < 1.29 is 14.7 Å². The first-order valence-corrected chi connectivity index (χ1v) is 8.48. The van der Waals surface area contributed by atoms with Gasteiger partial charge in [-0.05, 0) is 43.7 Å². The molecule has 0 spiro atoms. The number of carbonyl (C=O) groups excluding carboxylic acids is 1. The minimum absolute atomic E-state index is 0.0130. The molecule has 2 aliphatic rings. The predicted molar refractivity (Wildman–Crippen MR) is 88.5 cm³/mol. The highest BCUT2D eigenvalue weighted by molar-refractivity contribution is 5.80. The third-order valence-electron chi connectivity index (χ3n) is 5.04. The topological polar surface area (TPSA) is 69.6 Å². The van der Waals surface area contributed by atoms with Gasteiger partial charge >= 0.3 is 5.97 Å². The number of carboxylic acid groups (broad SMARTS) is 1. The number of aliphatic carboxylic acids is 1. The number of aryl methyl sites for hydroxylation is 1. The van der Waals surface area contributed by atoms with Gasteiger partial charge in [-0.15, -0.1) is 0 Å². The Morgan fingerprint density at radius 1 is 1.22 bits per heavy atom. The lowest BCUT2D eigenvalue weighted by atomic mass is 10.0. The van der Waals surface area contributed by atoms with Gasteiger partial charge in [-0.1, -0.05) is 18.2 Å². The van der Waals surface area contributed by atoms with Gasteiger partial charge in [-0.25, -0.2) is 0 Å². The molecule has 2 atom stereocenters. The highest BCUT2D eigenvalue weighted by Crippen LogP contribution is 2.31. The van der Waals surface area contributed by atoms with Crippen LogP contribution in [0.25, 0.3) is 0 Å².